The number of aliphatic hydroxyl groups excluding tert-OH is 1. The van der Waals surface area contributed by atoms with E-state index < -0.39 is 6.10 Å². The number of hydrogen-bond acceptors (Lipinski definition) is 5. The van der Waals surface area contributed by atoms with E-state index in [0.717, 1.165) is 12.8 Å². The number of likely N-dealkylation sites (tertiary alicyclic amines) is 1. The van der Waals surface area contributed by atoms with Gasteiger partial charge in [-0.1, -0.05) is 6.92 Å². The van der Waals surface area contributed by atoms with E-state index >= 15 is 0 Å². The molecule has 1 unspecified atom stereocenters. The molecule has 1 atom stereocenters. The molecular formula is C14H21N3O4. The molecule has 0 aliphatic carbocycles. The van der Waals surface area contributed by atoms with E-state index in [1.165, 1.54) is 4.90 Å². The Morgan fingerprint density at radius 3 is 3.10 bits per heavy atom. The molecule has 2 amide bonds. The molecule has 21 heavy (non-hydrogen) atoms. The predicted molar refractivity (Wildman–Crippen MR) is 74.2 cm³/mol. The molecule has 116 valence electrons. The number of aromatic nitrogens is 1. The summed E-state index contributed by atoms with van der Waals surface area (Å²) in [5, 5.41) is 12.3. The summed E-state index contributed by atoms with van der Waals surface area (Å²) in [6, 6.07) is 0. The minimum Gasteiger partial charge on any atom is -0.444 e. The van der Waals surface area contributed by atoms with E-state index in [9.17, 15) is 14.7 Å². The van der Waals surface area contributed by atoms with Crippen LogP contribution in [0.3, 0.4) is 0 Å². The Balaban J connectivity index is 1.81. The molecule has 0 radical (unpaired) electrons. The van der Waals surface area contributed by atoms with Crippen molar-refractivity contribution in [1.29, 1.82) is 0 Å². The lowest BCUT2D eigenvalue weighted by Gasteiger charge is -2.21. The van der Waals surface area contributed by atoms with Crippen molar-refractivity contribution in [2.45, 2.75) is 45.3 Å². The summed E-state index contributed by atoms with van der Waals surface area (Å²) in [6.07, 6.45) is 3.37. The fourth-order valence-electron chi connectivity index (χ4n) is 2.25. The summed E-state index contributed by atoms with van der Waals surface area (Å²) in [6.45, 7) is 2.65. The lowest BCUT2D eigenvalue weighted by atomic mass is 10.2. The summed E-state index contributed by atoms with van der Waals surface area (Å²) in [7, 11) is 0. The fourth-order valence-corrected chi connectivity index (χ4v) is 2.25. The molecule has 0 spiro atoms. The highest BCUT2D eigenvalue weighted by atomic mass is 16.4. The number of rotatable bonds is 5. The quantitative estimate of drug-likeness (QED) is 0.810. The van der Waals surface area contributed by atoms with Gasteiger partial charge in [0, 0.05) is 13.0 Å². The van der Waals surface area contributed by atoms with Crippen LogP contribution in [-0.4, -0.2) is 46.0 Å². The number of hydrogen-bond donors (Lipinski definition) is 2. The van der Waals surface area contributed by atoms with Gasteiger partial charge in [-0.05, 0) is 19.3 Å². The Morgan fingerprint density at radius 2 is 2.38 bits per heavy atom. The molecule has 1 aliphatic rings. The lowest BCUT2D eigenvalue weighted by molar-refractivity contribution is -0.142. The first kappa shape index (κ1) is 15.5. The SMILES string of the molecule is CCc1ncc(CNC(=O)CN2CCCCC(O)C2=O)o1. The molecule has 2 N–H and O–H groups in total. The largest absolute Gasteiger partial charge is 0.444 e. The maximum atomic E-state index is 11.9. The van der Waals surface area contributed by atoms with Crippen molar-refractivity contribution in [3.63, 3.8) is 0 Å². The van der Waals surface area contributed by atoms with Crippen molar-refractivity contribution in [2.75, 3.05) is 13.1 Å². The maximum absolute atomic E-state index is 11.9. The van der Waals surface area contributed by atoms with E-state index in [0.29, 0.717) is 31.0 Å². The molecule has 1 aromatic rings. The Labute approximate surface area is 123 Å². The van der Waals surface area contributed by atoms with Gasteiger partial charge in [0.25, 0.3) is 5.91 Å². The fraction of sp³-hybridized carbons (Fsp3) is 0.643. The van der Waals surface area contributed by atoms with Gasteiger partial charge in [-0.25, -0.2) is 4.98 Å². The first-order valence-electron chi connectivity index (χ1n) is 7.27. The third kappa shape index (κ3) is 4.29. The average molecular weight is 295 g/mol. The number of oxazole rings is 1. The third-order valence-electron chi connectivity index (χ3n) is 3.45. The molecule has 0 bridgehead atoms. The second kappa shape index (κ2) is 7.21. The maximum Gasteiger partial charge on any atom is 0.251 e. The lowest BCUT2D eigenvalue weighted by Crippen LogP contribution is -2.44. The van der Waals surface area contributed by atoms with Crippen molar-refractivity contribution < 1.29 is 19.1 Å². The second-order valence-corrected chi connectivity index (χ2v) is 5.12. The van der Waals surface area contributed by atoms with Gasteiger partial charge in [0.05, 0.1) is 19.3 Å². The normalized spacial score (nSPS) is 19.4. The van der Waals surface area contributed by atoms with E-state index in [4.69, 9.17) is 4.42 Å². The number of carbonyl (C=O) groups is 2. The Bertz CT molecular complexity index is 500. The van der Waals surface area contributed by atoms with E-state index in [-0.39, 0.29) is 24.9 Å². The van der Waals surface area contributed by atoms with Crippen LogP contribution in [-0.2, 0) is 22.6 Å². The standard InChI is InChI=1S/C14H21N3O4/c1-2-13-16-8-10(21-13)7-15-12(19)9-17-6-4-3-5-11(18)14(17)20/h8,11,18H,2-7,9H2,1H3,(H,15,19). The highest BCUT2D eigenvalue weighted by molar-refractivity contribution is 5.87. The summed E-state index contributed by atoms with van der Waals surface area (Å²) < 4.78 is 5.38. The molecule has 1 aliphatic heterocycles. The van der Waals surface area contributed by atoms with Crippen molar-refractivity contribution in [3.8, 4) is 0 Å². The monoisotopic (exact) mass is 295 g/mol. The second-order valence-electron chi connectivity index (χ2n) is 5.12. The summed E-state index contributed by atoms with van der Waals surface area (Å²) in [4.78, 5) is 29.2. The summed E-state index contributed by atoms with van der Waals surface area (Å²) in [5.41, 5.74) is 0. The van der Waals surface area contributed by atoms with Crippen molar-refractivity contribution >= 4 is 11.8 Å². The number of aliphatic hydroxyl groups is 1. The van der Waals surface area contributed by atoms with Gasteiger partial charge in [0.2, 0.25) is 5.91 Å². The first-order valence-corrected chi connectivity index (χ1v) is 7.27. The van der Waals surface area contributed by atoms with Gasteiger partial charge in [0.15, 0.2) is 5.89 Å². The zero-order valence-electron chi connectivity index (χ0n) is 12.2. The molecule has 0 saturated carbocycles. The Kier molecular flexibility index (Phi) is 5.32. The Hall–Kier alpha value is -1.89. The van der Waals surface area contributed by atoms with Crippen LogP contribution >= 0.6 is 0 Å². The summed E-state index contributed by atoms with van der Waals surface area (Å²) in [5.74, 6) is 0.579. The molecule has 1 aromatic heterocycles. The van der Waals surface area contributed by atoms with Gasteiger partial charge in [-0.3, -0.25) is 9.59 Å². The summed E-state index contributed by atoms with van der Waals surface area (Å²) >= 11 is 0. The van der Waals surface area contributed by atoms with Crippen LogP contribution in [0, 0.1) is 0 Å². The van der Waals surface area contributed by atoms with Crippen LogP contribution in [0.5, 0.6) is 0 Å². The minimum atomic E-state index is -0.985. The van der Waals surface area contributed by atoms with Gasteiger partial charge in [-0.15, -0.1) is 0 Å². The van der Waals surface area contributed by atoms with Crippen LogP contribution in [0.15, 0.2) is 10.6 Å². The van der Waals surface area contributed by atoms with Crippen LogP contribution in [0.25, 0.3) is 0 Å². The van der Waals surface area contributed by atoms with Crippen LogP contribution in [0.2, 0.25) is 0 Å². The van der Waals surface area contributed by atoms with Crippen LogP contribution in [0.1, 0.15) is 37.8 Å². The molecule has 2 rings (SSSR count). The van der Waals surface area contributed by atoms with E-state index in [1.54, 1.807) is 6.20 Å². The van der Waals surface area contributed by atoms with Crippen molar-refractivity contribution in [1.82, 2.24) is 15.2 Å². The third-order valence-corrected chi connectivity index (χ3v) is 3.45. The zero-order chi connectivity index (χ0) is 15.2. The molecule has 1 fully saturated rings. The molecule has 1 saturated heterocycles. The van der Waals surface area contributed by atoms with Crippen molar-refractivity contribution in [3.05, 3.63) is 17.8 Å². The minimum absolute atomic E-state index is 0.0370. The number of nitrogens with one attached hydrogen (secondary N) is 1. The highest BCUT2D eigenvalue weighted by Crippen LogP contribution is 2.11. The highest BCUT2D eigenvalue weighted by Gasteiger charge is 2.26. The predicted octanol–water partition coefficient (Wildman–Crippen LogP) is 0.227. The molecule has 7 heteroatoms. The topological polar surface area (TPSA) is 95.7 Å². The van der Waals surface area contributed by atoms with Crippen LogP contribution < -0.4 is 5.32 Å². The molecule has 7 nitrogen and oxygen atoms in total. The van der Waals surface area contributed by atoms with Gasteiger partial charge >= 0.3 is 0 Å². The van der Waals surface area contributed by atoms with Crippen LogP contribution in [0.4, 0.5) is 0 Å². The molecule has 2 heterocycles. The van der Waals surface area contributed by atoms with Gasteiger partial charge in [0.1, 0.15) is 11.9 Å². The average Bonchev–Trinajstić information content (AvgIpc) is 2.89. The van der Waals surface area contributed by atoms with E-state index in [2.05, 4.69) is 10.3 Å². The van der Waals surface area contributed by atoms with Gasteiger partial charge < -0.3 is 19.7 Å². The molecular weight excluding hydrogens is 274 g/mol. The molecule has 0 aromatic carbocycles. The number of nitrogens with zero attached hydrogens (tertiary/aromatic N) is 2. The number of carbonyl (C=O) groups excluding carboxylic acids is 2. The van der Waals surface area contributed by atoms with Gasteiger partial charge in [-0.2, -0.15) is 0 Å². The number of aryl methyl sites for hydroxylation is 1. The van der Waals surface area contributed by atoms with E-state index in [1.807, 2.05) is 6.92 Å². The Morgan fingerprint density at radius 1 is 1.57 bits per heavy atom. The zero-order valence-corrected chi connectivity index (χ0v) is 12.2. The van der Waals surface area contributed by atoms with Crippen molar-refractivity contribution in [2.24, 2.45) is 0 Å². The first-order chi connectivity index (χ1) is 10.1. The number of amides is 2. The smallest absolute Gasteiger partial charge is 0.251 e.